The van der Waals surface area contributed by atoms with E-state index in [1.165, 1.54) is 0 Å². The van der Waals surface area contributed by atoms with Gasteiger partial charge in [0, 0.05) is 0 Å². The molecule has 0 aromatic carbocycles. The van der Waals surface area contributed by atoms with Crippen molar-refractivity contribution in [2.24, 2.45) is 0 Å². The summed E-state index contributed by atoms with van der Waals surface area (Å²) >= 11 is 3.41. The van der Waals surface area contributed by atoms with Crippen LogP contribution in [0, 0.1) is 0 Å². The summed E-state index contributed by atoms with van der Waals surface area (Å²) in [4.78, 5) is 7.79. The SMILES string of the molecule is O=[PH](O)SS. The van der Waals surface area contributed by atoms with Crippen molar-refractivity contribution in [1.29, 1.82) is 0 Å². The predicted octanol–water partition coefficient (Wildman–Crippen LogP) is 0.946. The Morgan fingerprint density at radius 3 is 2.20 bits per heavy atom. The van der Waals surface area contributed by atoms with Gasteiger partial charge in [-0.1, -0.05) is 0 Å². The normalized spacial score (nSPS) is 14.8. The minimum absolute atomic E-state index is 0.676. The first kappa shape index (κ1) is 5.89. The first-order chi connectivity index (χ1) is 2.27. The molecule has 1 N–H and O–H groups in total. The molecule has 0 aliphatic carbocycles. The van der Waals surface area contributed by atoms with E-state index in [-0.39, 0.29) is 0 Å². The van der Waals surface area contributed by atoms with Crippen LogP contribution in [0.4, 0.5) is 0 Å². The third-order valence-corrected chi connectivity index (χ3v) is 2.11. The Hall–Kier alpha value is 0.890. The van der Waals surface area contributed by atoms with E-state index in [1.54, 1.807) is 0 Å². The van der Waals surface area contributed by atoms with Crippen LogP contribution in [0.15, 0.2) is 0 Å². The average molecular weight is 130 g/mol. The van der Waals surface area contributed by atoms with E-state index in [0.717, 1.165) is 0 Å². The van der Waals surface area contributed by atoms with Gasteiger partial charge < -0.3 is 4.89 Å². The molecule has 0 aromatic heterocycles. The van der Waals surface area contributed by atoms with E-state index in [0.29, 0.717) is 10.4 Å². The van der Waals surface area contributed by atoms with Crippen LogP contribution in [0.3, 0.4) is 0 Å². The quantitative estimate of drug-likeness (QED) is 0.315. The van der Waals surface area contributed by atoms with E-state index in [4.69, 9.17) is 4.89 Å². The molecule has 5 heteroatoms. The van der Waals surface area contributed by atoms with Crippen LogP contribution in [-0.2, 0) is 4.57 Å². The first-order valence-electron chi connectivity index (χ1n) is 0.814. The Labute approximate surface area is 39.4 Å². The van der Waals surface area contributed by atoms with Gasteiger partial charge in [0.25, 0.3) is 7.23 Å². The lowest BCUT2D eigenvalue weighted by atomic mass is 15.9. The average Bonchev–Trinajstić information content (AvgIpc) is 1.38. The van der Waals surface area contributed by atoms with Gasteiger partial charge in [-0.05, 0) is 10.4 Å². The Bertz CT molecular complexity index is 42.9. The summed E-state index contributed by atoms with van der Waals surface area (Å²) in [5.74, 6) is 0. The van der Waals surface area contributed by atoms with Crippen molar-refractivity contribution in [3.05, 3.63) is 0 Å². The number of thiol groups is 1. The Kier molecular flexibility index (Phi) is 3.65. The Balaban J connectivity index is 2.85. The highest BCUT2D eigenvalue weighted by atomic mass is 33.3. The molecule has 0 amide bonds. The summed E-state index contributed by atoms with van der Waals surface area (Å²) in [6.45, 7) is 0. The maximum atomic E-state index is 9.44. The van der Waals surface area contributed by atoms with Crippen LogP contribution in [0.25, 0.3) is 0 Å². The molecule has 0 rings (SSSR count). The molecule has 0 bridgehead atoms. The molecule has 0 heterocycles. The van der Waals surface area contributed by atoms with Crippen molar-refractivity contribution in [2.75, 3.05) is 0 Å². The van der Waals surface area contributed by atoms with E-state index >= 15 is 0 Å². The fourth-order valence-electron chi connectivity index (χ4n) is 0. The molecule has 2 nitrogen and oxygen atoms in total. The minimum atomic E-state index is -2.34. The van der Waals surface area contributed by atoms with Gasteiger partial charge in [-0.15, -0.1) is 11.7 Å². The minimum Gasteiger partial charge on any atom is -0.338 e. The lowest BCUT2D eigenvalue weighted by molar-refractivity contribution is 0.520. The predicted molar refractivity (Wildman–Crippen MR) is 27.8 cm³/mol. The highest BCUT2D eigenvalue weighted by Crippen LogP contribution is 2.35. The number of rotatable bonds is 1. The molecule has 1 atom stereocenters. The van der Waals surface area contributed by atoms with Crippen LogP contribution in [-0.4, -0.2) is 4.89 Å². The van der Waals surface area contributed by atoms with Gasteiger partial charge >= 0.3 is 0 Å². The number of hydrogen-bond donors (Lipinski definition) is 2. The van der Waals surface area contributed by atoms with Crippen molar-refractivity contribution in [1.82, 2.24) is 0 Å². The standard InChI is InChI=1S/H3O2PS2/c1-3(2)5-4/h3-4H,(H,1,2). The first-order valence-corrected chi connectivity index (χ1v) is 4.76. The molecule has 0 fully saturated rings. The van der Waals surface area contributed by atoms with Gasteiger partial charge in [0.2, 0.25) is 0 Å². The zero-order valence-electron chi connectivity index (χ0n) is 2.21. The van der Waals surface area contributed by atoms with Crippen molar-refractivity contribution in [2.45, 2.75) is 0 Å². The highest BCUT2D eigenvalue weighted by molar-refractivity contribution is 8.91. The van der Waals surface area contributed by atoms with E-state index in [9.17, 15) is 4.57 Å². The summed E-state index contributed by atoms with van der Waals surface area (Å²) in [6, 6.07) is 0. The smallest absolute Gasteiger partial charge is 0.253 e. The fourth-order valence-corrected chi connectivity index (χ4v) is 0. The van der Waals surface area contributed by atoms with Gasteiger partial charge in [0.05, 0.1) is 0 Å². The van der Waals surface area contributed by atoms with Gasteiger partial charge in [-0.3, -0.25) is 4.57 Å². The van der Waals surface area contributed by atoms with Crippen molar-refractivity contribution < 1.29 is 9.46 Å². The Morgan fingerprint density at radius 2 is 2.20 bits per heavy atom. The molecule has 5 heavy (non-hydrogen) atoms. The molecular weight excluding hydrogens is 127 g/mol. The summed E-state index contributed by atoms with van der Waals surface area (Å²) < 4.78 is 9.44. The Morgan fingerprint density at radius 1 is 2.00 bits per heavy atom. The second-order valence-corrected chi connectivity index (χ2v) is 4.31. The van der Waals surface area contributed by atoms with Gasteiger partial charge in [-0.25, -0.2) is 0 Å². The second kappa shape index (κ2) is 3.09. The van der Waals surface area contributed by atoms with Crippen LogP contribution < -0.4 is 0 Å². The van der Waals surface area contributed by atoms with Crippen LogP contribution in [0.5, 0.6) is 0 Å². The molecular formula is H3O2PS2. The maximum absolute atomic E-state index is 9.44. The lowest BCUT2D eigenvalue weighted by Gasteiger charge is -1.72. The third kappa shape index (κ3) is 4.89. The summed E-state index contributed by atoms with van der Waals surface area (Å²) in [7, 11) is -1.67. The van der Waals surface area contributed by atoms with E-state index < -0.39 is 7.23 Å². The molecule has 0 saturated heterocycles. The van der Waals surface area contributed by atoms with Crippen molar-refractivity contribution in [3.8, 4) is 0 Å². The number of hydrogen-bond acceptors (Lipinski definition) is 3. The molecule has 0 saturated carbocycles. The lowest BCUT2D eigenvalue weighted by Crippen LogP contribution is -1.28. The summed E-state index contributed by atoms with van der Waals surface area (Å²) in [6.07, 6.45) is 0. The van der Waals surface area contributed by atoms with Crippen LogP contribution >= 0.6 is 29.3 Å². The fraction of sp³-hybridized carbons (Fsp3) is 0. The zero-order chi connectivity index (χ0) is 4.28. The molecule has 0 aliphatic rings. The van der Waals surface area contributed by atoms with Gasteiger partial charge in [0.15, 0.2) is 0 Å². The monoisotopic (exact) mass is 130 g/mol. The third-order valence-electron chi connectivity index (χ3n) is 0.0781. The van der Waals surface area contributed by atoms with Crippen LogP contribution in [0.1, 0.15) is 0 Å². The van der Waals surface area contributed by atoms with Gasteiger partial charge in [-0.2, -0.15) is 0 Å². The van der Waals surface area contributed by atoms with E-state index in [1.807, 2.05) is 0 Å². The molecule has 0 radical (unpaired) electrons. The molecule has 32 valence electrons. The molecule has 0 aliphatic heterocycles. The topological polar surface area (TPSA) is 37.3 Å². The van der Waals surface area contributed by atoms with E-state index in [2.05, 4.69) is 11.7 Å². The van der Waals surface area contributed by atoms with Gasteiger partial charge in [0.1, 0.15) is 0 Å². The summed E-state index contributed by atoms with van der Waals surface area (Å²) in [5.41, 5.74) is 0. The molecule has 0 spiro atoms. The summed E-state index contributed by atoms with van der Waals surface area (Å²) in [5, 5.41) is 0. The maximum Gasteiger partial charge on any atom is 0.253 e. The zero-order valence-corrected chi connectivity index (χ0v) is 4.92. The highest BCUT2D eigenvalue weighted by Gasteiger charge is 1.77. The van der Waals surface area contributed by atoms with Crippen molar-refractivity contribution in [3.63, 3.8) is 0 Å². The molecule has 1 unspecified atom stereocenters. The second-order valence-electron chi connectivity index (χ2n) is 0.357. The largest absolute Gasteiger partial charge is 0.338 e. The molecule has 0 aromatic rings. The van der Waals surface area contributed by atoms with Crippen molar-refractivity contribution >= 4 is 29.3 Å². The van der Waals surface area contributed by atoms with Crippen LogP contribution in [0.2, 0.25) is 0 Å².